The Hall–Kier alpha value is -4.76. The van der Waals surface area contributed by atoms with E-state index in [1.54, 1.807) is 38.5 Å². The van der Waals surface area contributed by atoms with E-state index < -0.39 is 11.8 Å². The van der Waals surface area contributed by atoms with Crippen LogP contribution in [0.15, 0.2) is 72.8 Å². The van der Waals surface area contributed by atoms with Crippen molar-refractivity contribution in [1.29, 1.82) is 0 Å². The van der Waals surface area contributed by atoms with Crippen molar-refractivity contribution in [2.24, 2.45) is 0 Å². The number of rotatable bonds is 12. The lowest BCUT2D eigenvalue weighted by Crippen LogP contribution is -2.10. The Balaban J connectivity index is 1.37. The van der Waals surface area contributed by atoms with Crippen LogP contribution in [0.3, 0.4) is 0 Å². The van der Waals surface area contributed by atoms with E-state index in [0.29, 0.717) is 58.6 Å². The van der Waals surface area contributed by atoms with Crippen molar-refractivity contribution in [3.63, 3.8) is 0 Å². The molecule has 0 saturated heterocycles. The SMILES string of the molecule is COCCn1c(Cc2ccc(-c3cccc(OCc4cccc(C(C)C)c4OC)n3)cc2F)nc2ccc(C(=O)O)cc21. The Bertz CT molecular complexity index is 1770. The molecule has 8 nitrogen and oxygen atoms in total. The highest BCUT2D eigenvalue weighted by molar-refractivity contribution is 5.92. The van der Waals surface area contributed by atoms with Gasteiger partial charge < -0.3 is 23.9 Å². The molecule has 0 aliphatic carbocycles. The lowest BCUT2D eigenvalue weighted by Gasteiger charge is -2.16. The number of benzene rings is 3. The number of imidazole rings is 1. The van der Waals surface area contributed by atoms with Crippen LogP contribution >= 0.6 is 0 Å². The molecule has 0 amide bonds. The summed E-state index contributed by atoms with van der Waals surface area (Å²) in [6.07, 6.45) is 0.223. The normalized spacial score (nSPS) is 11.3. The number of pyridine rings is 1. The molecule has 2 heterocycles. The van der Waals surface area contributed by atoms with Gasteiger partial charge in [0, 0.05) is 37.3 Å². The van der Waals surface area contributed by atoms with E-state index in [4.69, 9.17) is 14.2 Å². The number of carboxylic acids is 1. The summed E-state index contributed by atoms with van der Waals surface area (Å²) in [5.74, 6) is 0.747. The smallest absolute Gasteiger partial charge is 0.335 e. The average Bonchev–Trinajstić information content (AvgIpc) is 3.35. The van der Waals surface area contributed by atoms with Gasteiger partial charge in [0.05, 0.1) is 36.0 Å². The van der Waals surface area contributed by atoms with Crippen molar-refractivity contribution in [3.05, 3.63) is 107 Å². The molecule has 2 aromatic heterocycles. The monoisotopic (exact) mass is 583 g/mol. The third kappa shape index (κ3) is 6.52. The van der Waals surface area contributed by atoms with Crippen molar-refractivity contribution >= 4 is 17.0 Å². The summed E-state index contributed by atoms with van der Waals surface area (Å²) in [4.78, 5) is 20.8. The Morgan fingerprint density at radius 2 is 1.79 bits per heavy atom. The summed E-state index contributed by atoms with van der Waals surface area (Å²) in [5.41, 5.74) is 5.16. The van der Waals surface area contributed by atoms with Crippen molar-refractivity contribution in [2.45, 2.75) is 39.3 Å². The topological polar surface area (TPSA) is 95.7 Å². The summed E-state index contributed by atoms with van der Waals surface area (Å²) in [6.45, 7) is 5.37. The average molecular weight is 584 g/mol. The molecule has 0 atom stereocenters. The molecule has 5 aromatic rings. The lowest BCUT2D eigenvalue weighted by atomic mass is 9.99. The zero-order chi connectivity index (χ0) is 30.5. The van der Waals surface area contributed by atoms with Gasteiger partial charge in [-0.25, -0.2) is 19.2 Å². The molecule has 0 unspecified atom stereocenters. The van der Waals surface area contributed by atoms with Crippen molar-refractivity contribution in [1.82, 2.24) is 14.5 Å². The minimum absolute atomic E-state index is 0.162. The maximum absolute atomic E-state index is 15.5. The third-order valence-corrected chi connectivity index (χ3v) is 7.34. The predicted molar refractivity (Wildman–Crippen MR) is 162 cm³/mol. The molecule has 0 aliphatic heterocycles. The molecule has 0 aliphatic rings. The minimum atomic E-state index is -1.02. The van der Waals surface area contributed by atoms with Gasteiger partial charge in [-0.15, -0.1) is 0 Å². The van der Waals surface area contributed by atoms with Gasteiger partial charge in [0.25, 0.3) is 0 Å². The number of fused-ring (bicyclic) bond motifs is 1. The van der Waals surface area contributed by atoms with Crippen LogP contribution in [0.1, 0.15) is 52.6 Å². The molecule has 43 heavy (non-hydrogen) atoms. The third-order valence-electron chi connectivity index (χ3n) is 7.34. The van der Waals surface area contributed by atoms with Gasteiger partial charge in [0.2, 0.25) is 5.88 Å². The first-order valence-electron chi connectivity index (χ1n) is 14.0. The second-order valence-corrected chi connectivity index (χ2v) is 10.5. The highest BCUT2D eigenvalue weighted by atomic mass is 19.1. The summed E-state index contributed by atoms with van der Waals surface area (Å²) in [6, 6.07) is 21.2. The van der Waals surface area contributed by atoms with Gasteiger partial charge in [-0.3, -0.25) is 0 Å². The number of aromatic nitrogens is 3. The van der Waals surface area contributed by atoms with Gasteiger partial charge in [-0.05, 0) is 47.4 Å². The van der Waals surface area contributed by atoms with Crippen LogP contribution in [0, 0.1) is 5.82 Å². The minimum Gasteiger partial charge on any atom is -0.496 e. The van der Waals surface area contributed by atoms with Crippen molar-refractivity contribution in [2.75, 3.05) is 20.8 Å². The molecule has 222 valence electrons. The Labute approximate surface area is 249 Å². The number of halogens is 1. The van der Waals surface area contributed by atoms with Gasteiger partial charge in [-0.2, -0.15) is 0 Å². The molecular weight excluding hydrogens is 549 g/mol. The van der Waals surface area contributed by atoms with E-state index in [1.165, 1.54) is 12.1 Å². The molecule has 5 rings (SSSR count). The highest BCUT2D eigenvalue weighted by Crippen LogP contribution is 2.31. The number of aromatic carboxylic acids is 1. The standard InChI is InChI=1S/C34H34FN3O5/c1-21(2)26-8-5-7-25(33(26)42-4)20-43-32-10-6-9-28(37-32)23-12-11-22(27(35)17-23)19-31-36-29-14-13-24(34(39)40)18-30(29)38(31)15-16-41-3/h5-14,17-18,21H,15-16,19-20H2,1-4H3,(H,39,40). The first-order chi connectivity index (χ1) is 20.8. The number of hydrogen-bond donors (Lipinski definition) is 1. The van der Waals surface area contributed by atoms with Gasteiger partial charge in [0.1, 0.15) is 24.0 Å². The van der Waals surface area contributed by atoms with E-state index in [-0.39, 0.29) is 18.6 Å². The zero-order valence-electron chi connectivity index (χ0n) is 24.6. The fraction of sp³-hybridized carbons (Fsp3) is 0.265. The summed E-state index contributed by atoms with van der Waals surface area (Å²) in [5, 5.41) is 9.44. The molecule has 0 bridgehead atoms. The van der Waals surface area contributed by atoms with Crippen LogP contribution in [-0.4, -0.2) is 46.4 Å². The van der Waals surface area contributed by atoms with E-state index in [0.717, 1.165) is 16.9 Å². The summed E-state index contributed by atoms with van der Waals surface area (Å²) < 4.78 is 34.3. The second kappa shape index (κ2) is 13.0. The van der Waals surface area contributed by atoms with Crippen LogP contribution in [0.25, 0.3) is 22.3 Å². The number of para-hydroxylation sites is 1. The molecule has 0 spiro atoms. The molecule has 9 heteroatoms. The molecule has 3 aromatic carbocycles. The van der Waals surface area contributed by atoms with E-state index in [9.17, 15) is 9.90 Å². The van der Waals surface area contributed by atoms with Gasteiger partial charge in [-0.1, -0.05) is 50.2 Å². The van der Waals surface area contributed by atoms with Gasteiger partial charge >= 0.3 is 5.97 Å². The summed E-state index contributed by atoms with van der Waals surface area (Å²) in [7, 11) is 3.25. The Kier molecular flexibility index (Phi) is 9.01. The number of methoxy groups -OCH3 is 2. The van der Waals surface area contributed by atoms with E-state index in [1.807, 2.05) is 34.9 Å². The maximum atomic E-state index is 15.5. The second-order valence-electron chi connectivity index (χ2n) is 10.5. The van der Waals surface area contributed by atoms with Crippen molar-refractivity contribution < 1.29 is 28.5 Å². The van der Waals surface area contributed by atoms with Crippen LogP contribution in [0.4, 0.5) is 4.39 Å². The number of hydrogen-bond acceptors (Lipinski definition) is 6. The Morgan fingerprint density at radius 1 is 0.977 bits per heavy atom. The van der Waals surface area contributed by atoms with Crippen molar-refractivity contribution in [3.8, 4) is 22.9 Å². The molecular formula is C34H34FN3O5. The van der Waals surface area contributed by atoms with Crippen LogP contribution in [0.2, 0.25) is 0 Å². The number of nitrogens with zero attached hydrogens (tertiary/aromatic N) is 3. The molecule has 1 N–H and O–H groups in total. The van der Waals surface area contributed by atoms with Gasteiger partial charge in [0.15, 0.2) is 0 Å². The van der Waals surface area contributed by atoms with Crippen LogP contribution < -0.4 is 9.47 Å². The molecule has 0 radical (unpaired) electrons. The number of ether oxygens (including phenoxy) is 3. The first kappa shape index (κ1) is 29.7. The maximum Gasteiger partial charge on any atom is 0.335 e. The predicted octanol–water partition coefficient (Wildman–Crippen LogP) is 6.88. The fourth-order valence-corrected chi connectivity index (χ4v) is 5.12. The van der Waals surface area contributed by atoms with E-state index in [2.05, 4.69) is 29.9 Å². The van der Waals surface area contributed by atoms with E-state index >= 15 is 4.39 Å². The Morgan fingerprint density at radius 3 is 2.51 bits per heavy atom. The van der Waals surface area contributed by atoms with Crippen LogP contribution in [-0.2, 0) is 24.3 Å². The fourth-order valence-electron chi connectivity index (χ4n) is 5.12. The zero-order valence-corrected chi connectivity index (χ0v) is 24.6. The summed E-state index contributed by atoms with van der Waals surface area (Å²) >= 11 is 0. The molecule has 0 saturated carbocycles. The lowest BCUT2D eigenvalue weighted by molar-refractivity contribution is 0.0697. The number of carboxylic acid groups (broad SMARTS) is 1. The molecule has 0 fully saturated rings. The quantitative estimate of drug-likeness (QED) is 0.171. The number of carbonyl (C=O) groups is 1. The van der Waals surface area contributed by atoms with Crippen LogP contribution in [0.5, 0.6) is 11.6 Å². The first-order valence-corrected chi connectivity index (χ1v) is 14.0. The highest BCUT2D eigenvalue weighted by Gasteiger charge is 2.17. The largest absolute Gasteiger partial charge is 0.496 e.